The number of hydrogen-bond donors (Lipinski definition) is 1. The van der Waals surface area contributed by atoms with Crippen LogP contribution >= 0.6 is 11.3 Å². The van der Waals surface area contributed by atoms with Crippen LogP contribution in [0.3, 0.4) is 0 Å². The van der Waals surface area contributed by atoms with Crippen LogP contribution < -0.4 is 10.6 Å². The minimum atomic E-state index is -0.772. The minimum Gasteiger partial charge on any atom is -0.451 e. The van der Waals surface area contributed by atoms with Gasteiger partial charge >= 0.3 is 5.97 Å². The summed E-state index contributed by atoms with van der Waals surface area (Å²) in [5, 5.41) is 11.4. The van der Waals surface area contributed by atoms with Crippen LogP contribution in [-0.2, 0) is 14.3 Å². The van der Waals surface area contributed by atoms with Crippen molar-refractivity contribution in [3.8, 4) is 0 Å². The number of thiophene rings is 1. The average Bonchev–Trinajstić information content (AvgIpc) is 3.16. The predicted octanol–water partition coefficient (Wildman–Crippen LogP) is 3.01. The van der Waals surface area contributed by atoms with Crippen molar-refractivity contribution in [1.29, 1.82) is 0 Å². The van der Waals surface area contributed by atoms with Crippen LogP contribution in [0.25, 0.3) is 10.1 Å². The SMILES string of the molecule is NC(=O)CCN(C(=O)COC(=O)c1cc2cc([N+](=O)[O-])ccc2s1)c1ccc(F)cc1. The van der Waals surface area contributed by atoms with E-state index in [-0.39, 0.29) is 23.5 Å². The number of nitrogens with two attached hydrogens (primary N) is 1. The van der Waals surface area contributed by atoms with E-state index in [4.69, 9.17) is 10.5 Å². The first kappa shape index (κ1) is 21.8. The van der Waals surface area contributed by atoms with E-state index in [9.17, 15) is 28.9 Å². The zero-order valence-corrected chi connectivity index (χ0v) is 16.8. The number of carbonyl (C=O) groups excluding carboxylic acids is 3. The number of benzene rings is 2. The number of fused-ring (bicyclic) bond motifs is 1. The number of nitro groups is 1. The van der Waals surface area contributed by atoms with E-state index in [0.29, 0.717) is 15.8 Å². The molecule has 0 radical (unpaired) electrons. The van der Waals surface area contributed by atoms with Crippen LogP contribution in [0.2, 0.25) is 0 Å². The molecule has 0 unspecified atom stereocenters. The average molecular weight is 445 g/mol. The van der Waals surface area contributed by atoms with E-state index in [1.165, 1.54) is 41.3 Å². The number of anilines is 1. The van der Waals surface area contributed by atoms with Crippen molar-refractivity contribution in [2.45, 2.75) is 6.42 Å². The van der Waals surface area contributed by atoms with Gasteiger partial charge in [0.25, 0.3) is 11.6 Å². The number of non-ortho nitro benzene ring substituents is 1. The van der Waals surface area contributed by atoms with Crippen LogP contribution in [0.15, 0.2) is 48.5 Å². The molecule has 0 spiro atoms. The maximum Gasteiger partial charge on any atom is 0.348 e. The van der Waals surface area contributed by atoms with E-state index in [1.807, 2.05) is 0 Å². The van der Waals surface area contributed by atoms with E-state index in [2.05, 4.69) is 0 Å². The Kier molecular flexibility index (Phi) is 6.55. The fourth-order valence-electron chi connectivity index (χ4n) is 2.76. The Morgan fingerprint density at radius 1 is 1.13 bits per heavy atom. The van der Waals surface area contributed by atoms with Gasteiger partial charge in [-0.3, -0.25) is 19.7 Å². The highest BCUT2D eigenvalue weighted by molar-refractivity contribution is 7.20. The van der Waals surface area contributed by atoms with Crippen molar-refractivity contribution in [3.05, 3.63) is 69.3 Å². The van der Waals surface area contributed by atoms with Gasteiger partial charge in [-0.05, 0) is 36.4 Å². The Morgan fingerprint density at radius 2 is 1.84 bits per heavy atom. The van der Waals surface area contributed by atoms with Crippen LogP contribution in [0.5, 0.6) is 0 Å². The molecular weight excluding hydrogens is 429 g/mol. The number of ether oxygens (including phenoxy) is 1. The third kappa shape index (κ3) is 5.39. The lowest BCUT2D eigenvalue weighted by atomic mass is 10.2. The summed E-state index contributed by atoms with van der Waals surface area (Å²) in [5.74, 6) is -2.53. The molecule has 0 atom stereocenters. The molecule has 0 aliphatic rings. The summed E-state index contributed by atoms with van der Waals surface area (Å²) >= 11 is 1.07. The van der Waals surface area contributed by atoms with Crippen molar-refractivity contribution in [2.75, 3.05) is 18.1 Å². The fraction of sp³-hybridized carbons (Fsp3) is 0.150. The molecule has 0 saturated carbocycles. The molecule has 0 bridgehead atoms. The zero-order valence-electron chi connectivity index (χ0n) is 15.9. The van der Waals surface area contributed by atoms with Gasteiger partial charge in [-0.2, -0.15) is 0 Å². The van der Waals surface area contributed by atoms with E-state index in [1.54, 1.807) is 0 Å². The molecule has 3 aromatic rings. The maximum absolute atomic E-state index is 13.2. The lowest BCUT2D eigenvalue weighted by molar-refractivity contribution is -0.384. The number of nitrogens with zero attached hydrogens (tertiary/aromatic N) is 2. The second kappa shape index (κ2) is 9.30. The normalized spacial score (nSPS) is 10.6. The van der Waals surface area contributed by atoms with Gasteiger partial charge in [-0.15, -0.1) is 11.3 Å². The number of amides is 2. The summed E-state index contributed by atoms with van der Waals surface area (Å²) in [6.07, 6.45) is -0.133. The van der Waals surface area contributed by atoms with Gasteiger partial charge in [-0.25, -0.2) is 9.18 Å². The maximum atomic E-state index is 13.2. The van der Waals surface area contributed by atoms with Gasteiger partial charge in [-0.1, -0.05) is 0 Å². The van der Waals surface area contributed by atoms with E-state index >= 15 is 0 Å². The Morgan fingerprint density at radius 3 is 2.48 bits per heavy atom. The number of halogens is 1. The smallest absolute Gasteiger partial charge is 0.348 e. The molecule has 2 N–H and O–H groups in total. The Balaban J connectivity index is 1.71. The molecule has 0 fully saturated rings. The standard InChI is InChI=1S/C20H16FN3O6S/c21-13-1-3-14(4-2-13)23(8-7-18(22)25)19(26)11-30-20(27)17-10-12-9-15(24(28)29)5-6-16(12)31-17/h1-6,9-10H,7-8,11H2,(H2,22,25). The molecule has 0 aliphatic carbocycles. The zero-order chi connectivity index (χ0) is 22.5. The molecule has 1 aromatic heterocycles. The van der Waals surface area contributed by atoms with Crippen molar-refractivity contribution < 1.29 is 28.4 Å². The van der Waals surface area contributed by atoms with Gasteiger partial charge in [0.05, 0.1) is 4.92 Å². The highest BCUT2D eigenvalue weighted by Crippen LogP contribution is 2.29. The van der Waals surface area contributed by atoms with Crippen LogP contribution in [0.4, 0.5) is 15.8 Å². The molecule has 1 heterocycles. The molecule has 3 rings (SSSR count). The lowest BCUT2D eigenvalue weighted by Gasteiger charge is -2.22. The third-order valence-electron chi connectivity index (χ3n) is 4.26. The Bertz CT molecular complexity index is 1160. The summed E-state index contributed by atoms with van der Waals surface area (Å²) < 4.78 is 18.9. The molecule has 0 saturated heterocycles. The van der Waals surface area contributed by atoms with E-state index in [0.717, 1.165) is 23.5 Å². The second-order valence-corrected chi connectivity index (χ2v) is 7.49. The summed E-state index contributed by atoms with van der Waals surface area (Å²) in [4.78, 5) is 47.8. The monoisotopic (exact) mass is 445 g/mol. The quantitative estimate of drug-likeness (QED) is 0.322. The summed E-state index contributed by atoms with van der Waals surface area (Å²) in [7, 11) is 0. The summed E-state index contributed by atoms with van der Waals surface area (Å²) in [5.41, 5.74) is 5.36. The lowest BCUT2D eigenvalue weighted by Crippen LogP contribution is -2.37. The van der Waals surface area contributed by atoms with Crippen molar-refractivity contribution in [1.82, 2.24) is 0 Å². The summed E-state index contributed by atoms with van der Waals surface area (Å²) in [6.45, 7) is -0.687. The molecule has 2 aromatic carbocycles. The number of esters is 1. The highest BCUT2D eigenvalue weighted by atomic mass is 32.1. The van der Waals surface area contributed by atoms with Gasteiger partial charge in [0.2, 0.25) is 5.91 Å². The van der Waals surface area contributed by atoms with Gasteiger partial charge in [0, 0.05) is 40.9 Å². The largest absolute Gasteiger partial charge is 0.451 e. The van der Waals surface area contributed by atoms with Crippen LogP contribution in [-0.4, -0.2) is 35.9 Å². The first-order valence-electron chi connectivity index (χ1n) is 8.94. The molecule has 31 heavy (non-hydrogen) atoms. The van der Waals surface area contributed by atoms with Gasteiger partial charge in [0.1, 0.15) is 10.7 Å². The first-order chi connectivity index (χ1) is 14.7. The summed E-state index contributed by atoms with van der Waals surface area (Å²) in [6, 6.07) is 10.7. The van der Waals surface area contributed by atoms with Crippen molar-refractivity contribution in [2.24, 2.45) is 5.73 Å². The second-order valence-electron chi connectivity index (χ2n) is 6.40. The highest BCUT2D eigenvalue weighted by Gasteiger charge is 2.20. The topological polar surface area (TPSA) is 133 Å². The molecule has 160 valence electrons. The van der Waals surface area contributed by atoms with Gasteiger partial charge in [0.15, 0.2) is 6.61 Å². The van der Waals surface area contributed by atoms with Crippen molar-refractivity contribution >= 4 is 50.6 Å². The molecule has 11 heteroatoms. The Hall–Kier alpha value is -3.86. The predicted molar refractivity (Wildman–Crippen MR) is 111 cm³/mol. The molecule has 0 aliphatic heterocycles. The number of carbonyl (C=O) groups is 3. The number of nitro benzene ring substituents is 1. The number of hydrogen-bond acceptors (Lipinski definition) is 7. The third-order valence-corrected chi connectivity index (χ3v) is 5.36. The minimum absolute atomic E-state index is 0.0656. The van der Waals surface area contributed by atoms with Crippen LogP contribution in [0, 0.1) is 15.9 Å². The first-order valence-corrected chi connectivity index (χ1v) is 9.75. The molecule has 9 nitrogen and oxygen atoms in total. The number of primary amides is 1. The van der Waals surface area contributed by atoms with Gasteiger partial charge < -0.3 is 15.4 Å². The number of rotatable bonds is 8. The van der Waals surface area contributed by atoms with Crippen molar-refractivity contribution in [3.63, 3.8) is 0 Å². The molecular formula is C20H16FN3O6S. The fourth-order valence-corrected chi connectivity index (χ4v) is 3.70. The molecule has 2 amide bonds. The van der Waals surface area contributed by atoms with Crippen LogP contribution in [0.1, 0.15) is 16.1 Å². The Labute approximate surface area is 179 Å². The van der Waals surface area contributed by atoms with E-state index < -0.39 is 35.1 Å².